The van der Waals surface area contributed by atoms with Crippen LogP contribution in [-0.2, 0) is 6.54 Å². The van der Waals surface area contributed by atoms with Gasteiger partial charge < -0.3 is 9.88 Å². The molecule has 0 spiro atoms. The third-order valence-electron chi connectivity index (χ3n) is 5.72. The topological polar surface area (TPSA) is 64.0 Å². The van der Waals surface area contributed by atoms with Gasteiger partial charge in [0.25, 0.3) is 5.91 Å². The summed E-state index contributed by atoms with van der Waals surface area (Å²) in [7, 11) is 0. The van der Waals surface area contributed by atoms with E-state index in [1.165, 1.54) is 0 Å². The van der Waals surface area contributed by atoms with Crippen molar-refractivity contribution in [1.29, 1.82) is 0 Å². The van der Waals surface area contributed by atoms with Gasteiger partial charge in [0, 0.05) is 23.2 Å². The van der Waals surface area contributed by atoms with Crippen molar-refractivity contribution >= 4 is 22.7 Å². The second-order valence-electron chi connectivity index (χ2n) is 7.53. The van der Waals surface area contributed by atoms with Crippen LogP contribution in [0.2, 0.25) is 0 Å². The first kappa shape index (κ1) is 18.3. The van der Waals surface area contributed by atoms with Crippen molar-refractivity contribution in [3.8, 4) is 11.1 Å². The summed E-state index contributed by atoms with van der Waals surface area (Å²) in [5, 5.41) is 3.04. The van der Waals surface area contributed by atoms with Gasteiger partial charge in [-0.3, -0.25) is 9.59 Å². The van der Waals surface area contributed by atoms with Crippen LogP contribution in [0.15, 0.2) is 66.7 Å². The molecule has 1 aromatic heterocycles. The molecule has 3 aromatic carbocycles. The van der Waals surface area contributed by atoms with Crippen LogP contribution in [0.25, 0.3) is 22.2 Å². The minimum Gasteiger partial charge on any atom is -0.342 e. The van der Waals surface area contributed by atoms with E-state index in [2.05, 4.69) is 16.8 Å². The van der Waals surface area contributed by atoms with Gasteiger partial charge in [-0.05, 0) is 49.2 Å². The Bertz CT molecular complexity index is 1320. The molecule has 1 heterocycles. The Morgan fingerprint density at radius 3 is 2.47 bits per heavy atom. The summed E-state index contributed by atoms with van der Waals surface area (Å²) in [5.74, 6) is 0.566. The molecule has 5 rings (SSSR count). The Balaban J connectivity index is 1.44. The van der Waals surface area contributed by atoms with Crippen LogP contribution in [0.5, 0.6) is 0 Å². The molecule has 0 saturated carbocycles. The van der Waals surface area contributed by atoms with Crippen LogP contribution in [0.1, 0.15) is 52.0 Å². The third-order valence-corrected chi connectivity index (χ3v) is 5.72. The second-order valence-corrected chi connectivity index (χ2v) is 7.53. The maximum Gasteiger partial charge on any atom is 0.251 e. The fourth-order valence-electron chi connectivity index (χ4n) is 4.27. The number of aromatic nitrogens is 2. The first-order chi connectivity index (χ1) is 14.6. The van der Waals surface area contributed by atoms with Crippen LogP contribution in [0, 0.1) is 0 Å². The molecular weight excluding hydrogens is 374 g/mol. The van der Waals surface area contributed by atoms with Gasteiger partial charge in [0.1, 0.15) is 5.82 Å². The molecule has 148 valence electrons. The largest absolute Gasteiger partial charge is 0.342 e. The number of carbonyl (C=O) groups excluding carboxylic acids is 2. The maximum absolute atomic E-state index is 13.0. The van der Waals surface area contributed by atoms with E-state index in [1.54, 1.807) is 12.1 Å². The van der Waals surface area contributed by atoms with E-state index in [0.29, 0.717) is 16.7 Å². The highest BCUT2D eigenvalue weighted by atomic mass is 16.1. The van der Waals surface area contributed by atoms with Crippen molar-refractivity contribution in [3.63, 3.8) is 0 Å². The van der Waals surface area contributed by atoms with Gasteiger partial charge in [-0.15, -0.1) is 0 Å². The van der Waals surface area contributed by atoms with Gasteiger partial charge in [-0.2, -0.15) is 0 Å². The number of benzene rings is 3. The van der Waals surface area contributed by atoms with E-state index in [4.69, 9.17) is 4.98 Å². The van der Waals surface area contributed by atoms with Gasteiger partial charge in [0.05, 0.1) is 17.1 Å². The van der Waals surface area contributed by atoms with Crippen LogP contribution in [0.4, 0.5) is 0 Å². The predicted octanol–water partition coefficient (Wildman–Crippen LogP) is 4.76. The number of hydrogen-bond donors (Lipinski definition) is 1. The highest BCUT2D eigenvalue weighted by Crippen LogP contribution is 2.36. The quantitative estimate of drug-likeness (QED) is 0.477. The zero-order valence-corrected chi connectivity index (χ0v) is 16.8. The monoisotopic (exact) mass is 395 g/mol. The second kappa shape index (κ2) is 6.95. The summed E-state index contributed by atoms with van der Waals surface area (Å²) in [6, 6.07) is 20.6. The lowest BCUT2D eigenvalue weighted by molar-refractivity contribution is 0.0937. The van der Waals surface area contributed by atoms with Gasteiger partial charge in [0.15, 0.2) is 5.78 Å². The molecule has 1 amide bonds. The van der Waals surface area contributed by atoms with E-state index in [9.17, 15) is 9.59 Å². The van der Waals surface area contributed by atoms with Crippen molar-refractivity contribution in [1.82, 2.24) is 14.9 Å². The number of imidazole rings is 1. The number of carbonyl (C=O) groups is 2. The summed E-state index contributed by atoms with van der Waals surface area (Å²) >= 11 is 0. The van der Waals surface area contributed by atoms with Crippen molar-refractivity contribution in [2.75, 3.05) is 0 Å². The normalized spacial score (nSPS) is 13.2. The highest BCUT2D eigenvalue weighted by Gasteiger charge is 2.27. The van der Waals surface area contributed by atoms with Crippen LogP contribution in [-0.4, -0.2) is 21.2 Å². The number of aryl methyl sites for hydroxylation is 1. The zero-order valence-electron chi connectivity index (χ0n) is 16.8. The summed E-state index contributed by atoms with van der Waals surface area (Å²) < 4.78 is 2.11. The number of fused-ring (bicyclic) bond motifs is 4. The van der Waals surface area contributed by atoms with Crippen molar-refractivity contribution in [2.24, 2.45) is 0 Å². The molecule has 0 radical (unpaired) electrons. The first-order valence-corrected chi connectivity index (χ1v) is 10.1. The molecule has 0 aliphatic heterocycles. The minimum atomic E-state index is -0.272. The number of amides is 1. The molecule has 30 heavy (non-hydrogen) atoms. The molecular formula is C25H21N3O2. The fraction of sp³-hybridized carbons (Fsp3) is 0.160. The van der Waals surface area contributed by atoms with Crippen molar-refractivity contribution < 1.29 is 9.59 Å². The standard InChI is InChI=1S/C25H21N3O2/c1-3-28-22-11-7-6-10-21(22)27-24(28)15(2)26-25(30)16-12-13-18-17-8-4-5-9-19(17)23(29)20(18)14-16/h4-15H,3H2,1-2H3,(H,26,30). The molecule has 4 aromatic rings. The molecule has 0 saturated heterocycles. The van der Waals surface area contributed by atoms with Gasteiger partial charge in [-0.1, -0.05) is 42.5 Å². The average molecular weight is 395 g/mol. The summed E-state index contributed by atoms with van der Waals surface area (Å²) in [4.78, 5) is 30.4. The number of hydrogen-bond acceptors (Lipinski definition) is 3. The number of ketones is 1. The van der Waals surface area contributed by atoms with Gasteiger partial charge in [-0.25, -0.2) is 4.98 Å². The Morgan fingerprint density at radius 1 is 0.967 bits per heavy atom. The first-order valence-electron chi connectivity index (χ1n) is 10.1. The SMILES string of the molecule is CCn1c(C(C)NC(=O)c2ccc3c(c2)C(=O)c2ccccc2-3)nc2ccccc21. The molecule has 0 fully saturated rings. The summed E-state index contributed by atoms with van der Waals surface area (Å²) in [5.41, 5.74) is 5.52. The molecule has 1 aliphatic rings. The van der Waals surface area contributed by atoms with Gasteiger partial charge in [0.2, 0.25) is 0 Å². The lowest BCUT2D eigenvalue weighted by Crippen LogP contribution is -2.28. The van der Waals surface area contributed by atoms with Crippen LogP contribution >= 0.6 is 0 Å². The smallest absolute Gasteiger partial charge is 0.251 e. The predicted molar refractivity (Wildman–Crippen MR) is 117 cm³/mol. The molecule has 1 unspecified atom stereocenters. The molecule has 1 aliphatic carbocycles. The molecule has 0 bridgehead atoms. The van der Waals surface area contributed by atoms with Crippen LogP contribution in [0.3, 0.4) is 0 Å². The average Bonchev–Trinajstić information content (AvgIpc) is 3.29. The molecule has 1 atom stereocenters. The molecule has 1 N–H and O–H groups in total. The Hall–Kier alpha value is -3.73. The molecule has 5 heteroatoms. The Labute approximate surface area is 174 Å². The minimum absolute atomic E-state index is 0.0314. The molecule has 5 nitrogen and oxygen atoms in total. The Kier molecular flexibility index (Phi) is 4.24. The van der Waals surface area contributed by atoms with Crippen LogP contribution < -0.4 is 5.32 Å². The number of para-hydroxylation sites is 2. The van der Waals surface area contributed by atoms with E-state index >= 15 is 0 Å². The summed E-state index contributed by atoms with van der Waals surface area (Å²) in [6.45, 7) is 4.76. The lowest BCUT2D eigenvalue weighted by Gasteiger charge is -2.15. The van der Waals surface area contributed by atoms with E-state index in [-0.39, 0.29) is 17.7 Å². The number of nitrogens with one attached hydrogen (secondary N) is 1. The van der Waals surface area contributed by atoms with E-state index < -0.39 is 0 Å². The third kappa shape index (κ3) is 2.74. The zero-order chi connectivity index (χ0) is 20.8. The number of rotatable bonds is 4. The highest BCUT2D eigenvalue weighted by molar-refractivity contribution is 6.22. The van der Waals surface area contributed by atoms with Crippen molar-refractivity contribution in [3.05, 3.63) is 89.2 Å². The van der Waals surface area contributed by atoms with Crippen molar-refractivity contribution in [2.45, 2.75) is 26.4 Å². The van der Waals surface area contributed by atoms with Gasteiger partial charge >= 0.3 is 0 Å². The van der Waals surface area contributed by atoms with E-state index in [0.717, 1.165) is 34.5 Å². The summed E-state index contributed by atoms with van der Waals surface area (Å²) in [6.07, 6.45) is 0. The Morgan fingerprint density at radius 2 is 1.67 bits per heavy atom. The van der Waals surface area contributed by atoms with E-state index in [1.807, 2.05) is 61.5 Å². The fourth-order valence-corrected chi connectivity index (χ4v) is 4.27. The lowest BCUT2D eigenvalue weighted by atomic mass is 10.0. The maximum atomic E-state index is 13.0. The number of nitrogens with zero attached hydrogens (tertiary/aromatic N) is 2.